The Bertz CT molecular complexity index is 1350. The lowest BCUT2D eigenvalue weighted by Gasteiger charge is -2.37. The number of anilines is 2. The Hall–Kier alpha value is -3.11. The van der Waals surface area contributed by atoms with Crippen molar-refractivity contribution >= 4 is 50.8 Å². The van der Waals surface area contributed by atoms with E-state index in [9.17, 15) is 22.8 Å². The molecule has 0 saturated carbocycles. The van der Waals surface area contributed by atoms with Crippen LogP contribution >= 0.6 is 11.6 Å². The number of nitrogens with zero attached hydrogens (tertiary/aromatic N) is 1. The zero-order valence-corrected chi connectivity index (χ0v) is 24.0. The smallest absolute Gasteiger partial charge is 0.329 e. The molecule has 1 heterocycles. The summed E-state index contributed by atoms with van der Waals surface area (Å²) in [5, 5.41) is 5.75. The number of carbonyl (C=O) groups excluding carboxylic acids is 3. The predicted molar refractivity (Wildman–Crippen MR) is 147 cm³/mol. The fourth-order valence-corrected chi connectivity index (χ4v) is 6.36. The number of hydrogen-bond donors (Lipinski definition) is 2. The molecule has 1 aliphatic heterocycles. The third-order valence-electron chi connectivity index (χ3n) is 5.96. The van der Waals surface area contributed by atoms with E-state index in [-0.39, 0.29) is 10.6 Å². The molecule has 2 amide bonds. The summed E-state index contributed by atoms with van der Waals surface area (Å²) in [5.41, 5.74) is 0.743. The van der Waals surface area contributed by atoms with E-state index in [1.165, 1.54) is 6.07 Å². The summed E-state index contributed by atoms with van der Waals surface area (Å²) in [6.45, 7) is 10.3. The van der Waals surface area contributed by atoms with E-state index in [0.29, 0.717) is 34.7 Å². The number of esters is 1. The molecule has 38 heavy (non-hydrogen) atoms. The van der Waals surface area contributed by atoms with E-state index in [1.54, 1.807) is 65.0 Å². The van der Waals surface area contributed by atoms with Crippen molar-refractivity contribution in [2.24, 2.45) is 0 Å². The van der Waals surface area contributed by atoms with Gasteiger partial charge in [-0.05, 0) is 76.4 Å². The SMILES string of the molecule is CCCC(NC(=O)CC1C(=O)Nc2ccccc2N1S(=O)(=O)c1cc(C)c(Cl)cc1C)C(=O)OC(C)(C)C. The van der Waals surface area contributed by atoms with Crippen molar-refractivity contribution in [3.05, 3.63) is 52.5 Å². The summed E-state index contributed by atoms with van der Waals surface area (Å²) in [6.07, 6.45) is 0.414. The van der Waals surface area contributed by atoms with Crippen LogP contribution < -0.4 is 14.9 Å². The highest BCUT2D eigenvalue weighted by Crippen LogP contribution is 2.38. The molecule has 2 aromatic rings. The van der Waals surface area contributed by atoms with Crippen molar-refractivity contribution in [3.8, 4) is 0 Å². The molecule has 0 aliphatic carbocycles. The molecule has 0 aromatic heterocycles. The van der Waals surface area contributed by atoms with Gasteiger partial charge in [0.2, 0.25) is 11.8 Å². The van der Waals surface area contributed by atoms with Gasteiger partial charge in [-0.3, -0.25) is 13.9 Å². The zero-order valence-electron chi connectivity index (χ0n) is 22.4. The zero-order chi connectivity index (χ0) is 28.4. The molecule has 1 aliphatic rings. The predicted octanol–water partition coefficient (Wildman–Crippen LogP) is 4.49. The topological polar surface area (TPSA) is 122 Å². The minimum absolute atomic E-state index is 0.0214. The molecule has 3 rings (SSSR count). The van der Waals surface area contributed by atoms with Gasteiger partial charge in [-0.25, -0.2) is 13.2 Å². The van der Waals surface area contributed by atoms with Gasteiger partial charge in [0.1, 0.15) is 17.7 Å². The fraction of sp³-hybridized carbons (Fsp3) is 0.444. The van der Waals surface area contributed by atoms with Crippen LogP contribution in [-0.2, 0) is 29.1 Å². The van der Waals surface area contributed by atoms with Gasteiger partial charge in [-0.15, -0.1) is 0 Å². The summed E-state index contributed by atoms with van der Waals surface area (Å²) < 4.78 is 34.5. The van der Waals surface area contributed by atoms with E-state index < -0.39 is 51.9 Å². The van der Waals surface area contributed by atoms with Crippen molar-refractivity contribution in [2.75, 3.05) is 9.62 Å². The van der Waals surface area contributed by atoms with Crippen LogP contribution in [0.4, 0.5) is 11.4 Å². The number of rotatable bonds is 8. The van der Waals surface area contributed by atoms with Crippen molar-refractivity contribution in [2.45, 2.75) is 83.4 Å². The van der Waals surface area contributed by atoms with Crippen LogP contribution in [0.5, 0.6) is 0 Å². The Morgan fingerprint density at radius 2 is 1.82 bits per heavy atom. The van der Waals surface area contributed by atoms with E-state index in [4.69, 9.17) is 16.3 Å². The van der Waals surface area contributed by atoms with Crippen molar-refractivity contribution in [1.82, 2.24) is 5.32 Å². The highest BCUT2D eigenvalue weighted by atomic mass is 35.5. The first-order valence-electron chi connectivity index (χ1n) is 12.4. The van der Waals surface area contributed by atoms with E-state index in [2.05, 4.69) is 10.6 Å². The number of carbonyl (C=O) groups is 3. The minimum atomic E-state index is -4.31. The second-order valence-electron chi connectivity index (χ2n) is 10.3. The average Bonchev–Trinajstić information content (AvgIpc) is 2.80. The van der Waals surface area contributed by atoms with Gasteiger partial charge in [-0.1, -0.05) is 37.1 Å². The van der Waals surface area contributed by atoms with Gasteiger partial charge in [0.15, 0.2) is 0 Å². The third-order valence-corrected chi connectivity index (χ3v) is 8.33. The lowest BCUT2D eigenvalue weighted by Crippen LogP contribution is -2.54. The maximum atomic E-state index is 14.1. The molecule has 0 fully saturated rings. The van der Waals surface area contributed by atoms with Crippen molar-refractivity contribution in [1.29, 1.82) is 0 Å². The molecule has 206 valence electrons. The summed E-state index contributed by atoms with van der Waals surface area (Å²) in [4.78, 5) is 39.0. The van der Waals surface area contributed by atoms with Gasteiger partial charge in [0.25, 0.3) is 10.0 Å². The fourth-order valence-electron chi connectivity index (χ4n) is 4.21. The number of ether oxygens (including phenoxy) is 1. The minimum Gasteiger partial charge on any atom is -0.458 e. The molecule has 2 N–H and O–H groups in total. The molecule has 2 atom stereocenters. The number of nitrogens with one attached hydrogen (secondary N) is 2. The molecule has 0 spiro atoms. The average molecular weight is 564 g/mol. The first-order chi connectivity index (χ1) is 17.7. The van der Waals surface area contributed by atoms with E-state index >= 15 is 0 Å². The van der Waals surface area contributed by atoms with Crippen LogP contribution in [0.1, 0.15) is 58.1 Å². The summed E-state index contributed by atoms with van der Waals surface area (Å²) in [7, 11) is -4.31. The first kappa shape index (κ1) is 29.4. The molecule has 0 radical (unpaired) electrons. The molecule has 11 heteroatoms. The van der Waals surface area contributed by atoms with Gasteiger partial charge in [0, 0.05) is 5.02 Å². The summed E-state index contributed by atoms with van der Waals surface area (Å²) in [5.74, 6) is -1.91. The number of fused-ring (bicyclic) bond motifs is 1. The standard InChI is InChI=1S/C27H34ClN3O6S/c1-7-10-20(26(34)37-27(4,5)6)29-24(32)15-22-25(33)30-19-11-8-9-12-21(19)31(22)38(35,36)23-14-16(2)18(28)13-17(23)3/h8-9,11-14,20,22H,7,10,15H2,1-6H3,(H,29,32)(H,30,33). The summed E-state index contributed by atoms with van der Waals surface area (Å²) >= 11 is 6.20. The Kier molecular flexibility index (Phi) is 8.78. The number of amides is 2. The second kappa shape index (κ2) is 11.3. The van der Waals surface area contributed by atoms with Crippen molar-refractivity contribution in [3.63, 3.8) is 0 Å². The largest absolute Gasteiger partial charge is 0.458 e. The third kappa shape index (κ3) is 6.47. The van der Waals surface area contributed by atoms with E-state index in [0.717, 1.165) is 4.31 Å². The Morgan fingerprint density at radius 3 is 2.45 bits per heavy atom. The molecule has 0 saturated heterocycles. The monoisotopic (exact) mass is 563 g/mol. The van der Waals surface area contributed by atoms with Crippen LogP contribution in [0, 0.1) is 13.8 Å². The van der Waals surface area contributed by atoms with Gasteiger partial charge >= 0.3 is 5.97 Å². The normalized spacial score (nSPS) is 16.3. The number of para-hydroxylation sites is 2. The number of sulfonamides is 1. The maximum Gasteiger partial charge on any atom is 0.329 e. The van der Waals surface area contributed by atoms with Crippen LogP contribution in [0.25, 0.3) is 0 Å². The molecular weight excluding hydrogens is 530 g/mol. The number of hydrogen-bond acceptors (Lipinski definition) is 6. The van der Waals surface area contributed by atoms with Gasteiger partial charge in [0.05, 0.1) is 22.7 Å². The highest BCUT2D eigenvalue weighted by Gasteiger charge is 2.43. The molecule has 2 aromatic carbocycles. The maximum absolute atomic E-state index is 14.1. The van der Waals surface area contributed by atoms with E-state index in [1.807, 2.05) is 6.92 Å². The molecular formula is C27H34ClN3O6S. The molecule has 0 bridgehead atoms. The van der Waals surface area contributed by atoms with Gasteiger partial charge < -0.3 is 15.4 Å². The van der Waals surface area contributed by atoms with Crippen LogP contribution in [0.15, 0.2) is 41.3 Å². The number of benzene rings is 2. The van der Waals surface area contributed by atoms with Crippen LogP contribution in [-0.4, -0.2) is 43.9 Å². The Labute approximate surface area is 228 Å². The lowest BCUT2D eigenvalue weighted by atomic mass is 10.1. The first-order valence-corrected chi connectivity index (χ1v) is 14.2. The summed E-state index contributed by atoms with van der Waals surface area (Å²) in [6, 6.07) is 7.15. The quantitative estimate of drug-likeness (QED) is 0.456. The van der Waals surface area contributed by atoms with Crippen LogP contribution in [0.3, 0.4) is 0 Å². The molecule has 2 unspecified atom stereocenters. The Balaban J connectivity index is 2.00. The lowest BCUT2D eigenvalue weighted by molar-refractivity contribution is -0.158. The molecule has 9 nitrogen and oxygen atoms in total. The van der Waals surface area contributed by atoms with Crippen molar-refractivity contribution < 1.29 is 27.5 Å². The van der Waals surface area contributed by atoms with Crippen LogP contribution in [0.2, 0.25) is 5.02 Å². The van der Waals surface area contributed by atoms with Gasteiger partial charge in [-0.2, -0.15) is 0 Å². The highest BCUT2D eigenvalue weighted by molar-refractivity contribution is 7.93. The number of aryl methyl sites for hydroxylation is 2. The Morgan fingerprint density at radius 1 is 1.16 bits per heavy atom. The second-order valence-corrected chi connectivity index (χ2v) is 12.5. The number of halogens is 1.